The topological polar surface area (TPSA) is 79.4 Å². The van der Waals surface area contributed by atoms with Crippen LogP contribution >= 0.6 is 27.3 Å². The van der Waals surface area contributed by atoms with Crippen LogP contribution in [0.3, 0.4) is 0 Å². The van der Waals surface area contributed by atoms with E-state index in [1.807, 2.05) is 18.2 Å². The van der Waals surface area contributed by atoms with Gasteiger partial charge in [0.1, 0.15) is 11.9 Å². The largest absolute Gasteiger partial charge is 0.301 e. The molecule has 3 aromatic rings. The van der Waals surface area contributed by atoms with Crippen molar-refractivity contribution in [3.63, 3.8) is 0 Å². The standard InChI is InChI=1S/C18H15BrFN3O3S2/c19-13-3-1-5-15-16(13)21-18(27-15)22-17(24)14-4-2-10-23(14)28(25,26)12-8-6-11(20)7-9-12/h1,3,5-9,14H,2,4,10H2,(H,21,22,24). The molecule has 1 atom stereocenters. The minimum absolute atomic E-state index is 0.0301. The van der Waals surface area contributed by atoms with Gasteiger partial charge in [-0.05, 0) is 65.2 Å². The zero-order chi connectivity index (χ0) is 19.9. The molecule has 1 aliphatic heterocycles. The minimum atomic E-state index is -3.89. The number of thiazole rings is 1. The maximum absolute atomic E-state index is 13.1. The van der Waals surface area contributed by atoms with Gasteiger partial charge in [0.25, 0.3) is 0 Å². The minimum Gasteiger partial charge on any atom is -0.301 e. The van der Waals surface area contributed by atoms with E-state index in [0.29, 0.717) is 18.0 Å². The number of halogens is 2. The van der Waals surface area contributed by atoms with Crippen LogP contribution in [0.1, 0.15) is 12.8 Å². The summed E-state index contributed by atoms with van der Waals surface area (Å²) in [5.74, 6) is -0.935. The summed E-state index contributed by atoms with van der Waals surface area (Å²) in [4.78, 5) is 17.2. The van der Waals surface area contributed by atoms with Crippen molar-refractivity contribution in [1.29, 1.82) is 0 Å². The Morgan fingerprint density at radius 2 is 2.00 bits per heavy atom. The second-order valence-corrected chi connectivity index (χ2v) is 10.1. The molecule has 1 aromatic heterocycles. The number of carbonyl (C=O) groups is 1. The maximum atomic E-state index is 13.1. The number of aromatic nitrogens is 1. The number of benzene rings is 2. The van der Waals surface area contributed by atoms with Gasteiger partial charge in [0.15, 0.2) is 5.13 Å². The average molecular weight is 484 g/mol. The number of para-hydroxylation sites is 1. The Balaban J connectivity index is 1.57. The lowest BCUT2D eigenvalue weighted by Gasteiger charge is -2.23. The van der Waals surface area contributed by atoms with E-state index in [1.165, 1.54) is 27.8 Å². The summed E-state index contributed by atoms with van der Waals surface area (Å²) in [6.45, 7) is 0.239. The van der Waals surface area contributed by atoms with E-state index in [4.69, 9.17) is 0 Å². The highest BCUT2D eigenvalue weighted by Gasteiger charge is 2.39. The third kappa shape index (κ3) is 3.57. The Morgan fingerprint density at radius 1 is 1.25 bits per heavy atom. The van der Waals surface area contributed by atoms with Gasteiger partial charge in [-0.1, -0.05) is 17.4 Å². The summed E-state index contributed by atoms with van der Waals surface area (Å²) in [7, 11) is -3.89. The van der Waals surface area contributed by atoms with Gasteiger partial charge in [-0.3, -0.25) is 4.79 Å². The van der Waals surface area contributed by atoms with Crippen molar-refractivity contribution in [2.24, 2.45) is 0 Å². The van der Waals surface area contributed by atoms with Crippen molar-refractivity contribution in [3.05, 3.63) is 52.8 Å². The van der Waals surface area contributed by atoms with E-state index in [0.717, 1.165) is 26.8 Å². The Hall–Kier alpha value is -1.88. The fourth-order valence-corrected chi connectivity index (χ4v) is 6.33. The molecule has 0 saturated carbocycles. The van der Waals surface area contributed by atoms with Gasteiger partial charge in [-0.2, -0.15) is 4.31 Å². The molecule has 1 fully saturated rings. The molecule has 2 aromatic carbocycles. The summed E-state index contributed by atoms with van der Waals surface area (Å²) in [5.41, 5.74) is 0.741. The highest BCUT2D eigenvalue weighted by atomic mass is 79.9. The summed E-state index contributed by atoms with van der Waals surface area (Å²) in [6, 6.07) is 9.42. The fraction of sp³-hybridized carbons (Fsp3) is 0.222. The number of amides is 1. The van der Waals surface area contributed by atoms with Gasteiger partial charge in [0.05, 0.1) is 15.1 Å². The van der Waals surface area contributed by atoms with Gasteiger partial charge in [0.2, 0.25) is 15.9 Å². The van der Waals surface area contributed by atoms with Crippen molar-refractivity contribution < 1.29 is 17.6 Å². The number of rotatable bonds is 4. The fourth-order valence-electron chi connectivity index (χ4n) is 3.19. The van der Waals surface area contributed by atoms with Crippen LogP contribution in [-0.4, -0.2) is 36.2 Å². The smallest absolute Gasteiger partial charge is 0.244 e. The lowest BCUT2D eigenvalue weighted by molar-refractivity contribution is -0.119. The van der Waals surface area contributed by atoms with Crippen molar-refractivity contribution in [1.82, 2.24) is 9.29 Å². The van der Waals surface area contributed by atoms with E-state index in [9.17, 15) is 17.6 Å². The zero-order valence-corrected chi connectivity index (χ0v) is 17.7. The lowest BCUT2D eigenvalue weighted by Crippen LogP contribution is -2.43. The second-order valence-electron chi connectivity index (χ2n) is 6.32. The van der Waals surface area contributed by atoms with Crippen LogP contribution in [0.5, 0.6) is 0 Å². The third-order valence-electron chi connectivity index (χ3n) is 4.53. The number of hydrogen-bond donors (Lipinski definition) is 1. The van der Waals surface area contributed by atoms with E-state index < -0.39 is 27.8 Å². The molecule has 10 heteroatoms. The molecule has 4 rings (SSSR count). The van der Waals surface area contributed by atoms with Crippen molar-refractivity contribution in [2.75, 3.05) is 11.9 Å². The monoisotopic (exact) mass is 483 g/mol. The van der Waals surface area contributed by atoms with Crippen molar-refractivity contribution >= 4 is 58.5 Å². The SMILES string of the molecule is O=C(Nc1nc2c(Br)cccc2s1)C1CCCN1S(=O)(=O)c1ccc(F)cc1. The normalized spacial score (nSPS) is 17.9. The first-order chi connectivity index (χ1) is 13.4. The number of fused-ring (bicyclic) bond motifs is 1. The third-order valence-corrected chi connectivity index (χ3v) is 8.02. The molecule has 1 aliphatic rings. The van der Waals surface area contributed by atoms with Crippen LogP contribution in [0.4, 0.5) is 9.52 Å². The molecule has 28 heavy (non-hydrogen) atoms. The first-order valence-corrected chi connectivity index (χ1v) is 11.5. The van der Waals surface area contributed by atoms with E-state index >= 15 is 0 Å². The van der Waals surface area contributed by atoms with Crippen LogP contribution in [-0.2, 0) is 14.8 Å². The molecule has 146 valence electrons. The Labute approximate surface area is 173 Å². The van der Waals surface area contributed by atoms with Gasteiger partial charge in [0, 0.05) is 11.0 Å². The van der Waals surface area contributed by atoms with Crippen LogP contribution in [0.2, 0.25) is 0 Å². The number of carbonyl (C=O) groups excluding carboxylic acids is 1. The van der Waals surface area contributed by atoms with E-state index in [2.05, 4.69) is 26.2 Å². The van der Waals surface area contributed by atoms with Gasteiger partial charge in [-0.25, -0.2) is 17.8 Å². The average Bonchev–Trinajstić information content (AvgIpc) is 3.30. The van der Waals surface area contributed by atoms with Gasteiger partial charge in [-0.15, -0.1) is 0 Å². The first-order valence-electron chi connectivity index (χ1n) is 8.49. The molecule has 0 radical (unpaired) electrons. The second kappa shape index (κ2) is 7.51. The molecular weight excluding hydrogens is 469 g/mol. The predicted molar refractivity (Wildman–Crippen MR) is 109 cm³/mol. The summed E-state index contributed by atoms with van der Waals surface area (Å²) >= 11 is 4.75. The molecule has 2 heterocycles. The number of nitrogens with zero attached hydrogens (tertiary/aromatic N) is 2. The van der Waals surface area contributed by atoms with E-state index in [1.54, 1.807) is 0 Å². The quantitative estimate of drug-likeness (QED) is 0.608. The predicted octanol–water partition coefficient (Wildman–Crippen LogP) is 3.99. The highest BCUT2D eigenvalue weighted by Crippen LogP contribution is 2.32. The Bertz CT molecular complexity index is 1150. The van der Waals surface area contributed by atoms with E-state index in [-0.39, 0.29) is 11.4 Å². The highest BCUT2D eigenvalue weighted by molar-refractivity contribution is 9.10. The Morgan fingerprint density at radius 3 is 2.71 bits per heavy atom. The van der Waals surface area contributed by atoms with Crippen LogP contribution in [0.25, 0.3) is 10.2 Å². The molecule has 0 aliphatic carbocycles. The van der Waals surface area contributed by atoms with Gasteiger partial charge < -0.3 is 5.32 Å². The molecule has 1 N–H and O–H groups in total. The van der Waals surface area contributed by atoms with Crippen molar-refractivity contribution in [3.8, 4) is 0 Å². The molecule has 0 spiro atoms. The maximum Gasteiger partial charge on any atom is 0.244 e. The number of nitrogens with one attached hydrogen (secondary N) is 1. The summed E-state index contributed by atoms with van der Waals surface area (Å²) in [5, 5.41) is 3.16. The molecule has 0 bridgehead atoms. The van der Waals surface area contributed by atoms with Crippen molar-refractivity contribution in [2.45, 2.75) is 23.8 Å². The van der Waals surface area contributed by atoms with Gasteiger partial charge >= 0.3 is 0 Å². The molecule has 6 nitrogen and oxygen atoms in total. The first kappa shape index (κ1) is 19.4. The molecule has 1 saturated heterocycles. The van der Waals surface area contributed by atoms with Crippen LogP contribution in [0, 0.1) is 5.82 Å². The summed E-state index contributed by atoms with van der Waals surface area (Å²) in [6.07, 6.45) is 0.991. The van der Waals surface area contributed by atoms with Crippen LogP contribution < -0.4 is 5.32 Å². The molecular formula is C18H15BrFN3O3S2. The molecule has 1 amide bonds. The van der Waals surface area contributed by atoms with Crippen LogP contribution in [0.15, 0.2) is 51.8 Å². The number of hydrogen-bond acceptors (Lipinski definition) is 5. The Kier molecular flexibility index (Phi) is 5.21. The number of sulfonamides is 1. The summed E-state index contributed by atoms with van der Waals surface area (Å²) < 4.78 is 41.9. The lowest BCUT2D eigenvalue weighted by atomic mass is 10.2. The zero-order valence-electron chi connectivity index (χ0n) is 14.4. The number of anilines is 1. The molecule has 1 unspecified atom stereocenters.